The molecule has 0 aliphatic carbocycles. The van der Waals surface area contributed by atoms with Crippen LogP contribution in [0.3, 0.4) is 0 Å². The molecule has 0 amide bonds. The summed E-state index contributed by atoms with van der Waals surface area (Å²) < 4.78 is 25.6. The van der Waals surface area contributed by atoms with Crippen molar-refractivity contribution >= 4 is 50.1 Å². The van der Waals surface area contributed by atoms with Crippen LogP contribution in [0.4, 0.5) is 5.00 Å². The van der Waals surface area contributed by atoms with Crippen LogP contribution in [0.2, 0.25) is 0 Å². The van der Waals surface area contributed by atoms with Crippen LogP contribution in [-0.4, -0.2) is 42.9 Å². The predicted molar refractivity (Wildman–Crippen MR) is 120 cm³/mol. The number of H-pyrrole nitrogens is 1. The van der Waals surface area contributed by atoms with E-state index in [-0.39, 0.29) is 12.4 Å². The Hall–Kier alpha value is -1.74. The second-order valence-electron chi connectivity index (χ2n) is 7.18. The maximum Gasteiger partial charge on any atom is 0.317 e. The maximum absolute atomic E-state index is 11.0. The minimum Gasteiger partial charge on any atom is -0.361 e. The van der Waals surface area contributed by atoms with Gasteiger partial charge < -0.3 is 9.88 Å². The lowest BCUT2D eigenvalue weighted by Gasteiger charge is -2.31. The highest BCUT2D eigenvalue weighted by atomic mass is 35.5. The Morgan fingerprint density at radius 3 is 2.76 bits per heavy atom. The lowest BCUT2D eigenvalue weighted by molar-refractivity contribution is 0.214. The molecular formula is C20H25ClN4O2S2. The van der Waals surface area contributed by atoms with Crippen LogP contribution in [0.15, 0.2) is 34.8 Å². The number of benzene rings is 1. The Kier molecular flexibility index (Phi) is 7.45. The smallest absolute Gasteiger partial charge is 0.317 e. The summed E-state index contributed by atoms with van der Waals surface area (Å²) in [5, 5.41) is 2.82. The summed E-state index contributed by atoms with van der Waals surface area (Å²) in [6.45, 7) is 5.02. The fraction of sp³-hybridized carbons (Fsp3) is 0.450. The average molecular weight is 453 g/mol. The van der Waals surface area contributed by atoms with E-state index in [1.54, 1.807) is 0 Å². The number of aromatic nitrogens is 2. The highest BCUT2D eigenvalue weighted by Gasteiger charge is 2.23. The van der Waals surface area contributed by atoms with Crippen LogP contribution in [0.1, 0.15) is 41.9 Å². The molecule has 0 saturated carbocycles. The van der Waals surface area contributed by atoms with Crippen LogP contribution in [0, 0.1) is 0 Å². The zero-order valence-corrected chi connectivity index (χ0v) is 18.7. The molecule has 9 heteroatoms. The molecule has 1 aliphatic heterocycles. The van der Waals surface area contributed by atoms with Crippen molar-refractivity contribution in [3.8, 4) is 0 Å². The third-order valence-electron chi connectivity index (χ3n) is 5.49. The molecule has 1 N–H and O–H groups in total. The SMILES string of the molecule is CCc1nc(CCN2CCC(c3c[nH]c4ccccc34)CC2)c(N=S(=O)=O)s1.Cl. The standard InChI is InChI=1S/C20H24N4O2S2.ClH/c1-2-19-22-18(20(27-19)23-28(25)26)9-12-24-10-7-14(8-11-24)16-13-21-17-6-4-3-5-15(16)17;/h3-6,13-14,21H,2,7-12H2,1H3;1H. The first-order valence-corrected chi connectivity index (χ1v) is 11.6. The number of piperidine rings is 1. The summed E-state index contributed by atoms with van der Waals surface area (Å²) >= 11 is 1.38. The number of para-hydroxylation sites is 1. The van der Waals surface area contributed by atoms with Crippen LogP contribution in [0.5, 0.6) is 0 Å². The molecular weight excluding hydrogens is 428 g/mol. The third kappa shape index (κ3) is 5.06. The Bertz CT molecular complexity index is 1090. The molecule has 4 rings (SSSR count). The van der Waals surface area contributed by atoms with Crippen molar-refractivity contribution in [3.63, 3.8) is 0 Å². The van der Waals surface area contributed by atoms with Crippen LogP contribution >= 0.6 is 23.7 Å². The van der Waals surface area contributed by atoms with E-state index < -0.39 is 10.5 Å². The van der Waals surface area contributed by atoms with Gasteiger partial charge in [-0.25, -0.2) is 4.98 Å². The molecule has 1 saturated heterocycles. The van der Waals surface area contributed by atoms with E-state index in [0.29, 0.717) is 10.9 Å². The summed E-state index contributed by atoms with van der Waals surface area (Å²) in [4.78, 5) is 10.4. The largest absolute Gasteiger partial charge is 0.361 e. The number of aryl methyl sites for hydroxylation is 1. The number of likely N-dealkylation sites (tertiary alicyclic amines) is 1. The molecule has 6 nitrogen and oxygen atoms in total. The van der Waals surface area contributed by atoms with E-state index in [2.05, 4.69) is 49.7 Å². The van der Waals surface area contributed by atoms with Gasteiger partial charge in [-0.1, -0.05) is 36.5 Å². The summed E-state index contributed by atoms with van der Waals surface area (Å²) in [6, 6.07) is 8.50. The third-order valence-corrected chi connectivity index (χ3v) is 7.08. The first kappa shape index (κ1) is 22.0. The van der Waals surface area contributed by atoms with Crippen molar-refractivity contribution in [1.82, 2.24) is 14.9 Å². The first-order valence-electron chi connectivity index (χ1n) is 9.72. The number of thiazole rings is 1. The van der Waals surface area contributed by atoms with Gasteiger partial charge in [-0.2, -0.15) is 8.42 Å². The highest BCUT2D eigenvalue weighted by Crippen LogP contribution is 2.33. The van der Waals surface area contributed by atoms with Gasteiger partial charge in [0, 0.05) is 30.1 Å². The molecule has 0 unspecified atom stereocenters. The van der Waals surface area contributed by atoms with Crippen LogP contribution < -0.4 is 0 Å². The van der Waals surface area contributed by atoms with Crippen LogP contribution in [0.25, 0.3) is 10.9 Å². The molecule has 0 radical (unpaired) electrons. The van der Waals surface area contributed by atoms with Gasteiger partial charge in [0.1, 0.15) is 0 Å². The minimum atomic E-state index is -2.43. The van der Waals surface area contributed by atoms with Gasteiger partial charge in [0.05, 0.1) is 10.7 Å². The highest BCUT2D eigenvalue weighted by molar-refractivity contribution is 7.62. The van der Waals surface area contributed by atoms with Gasteiger partial charge in [-0.3, -0.25) is 0 Å². The number of hydrogen-bond donors (Lipinski definition) is 1. The van der Waals surface area contributed by atoms with Crippen molar-refractivity contribution in [2.24, 2.45) is 4.36 Å². The monoisotopic (exact) mass is 452 g/mol. The van der Waals surface area contributed by atoms with Crippen molar-refractivity contribution < 1.29 is 8.42 Å². The van der Waals surface area contributed by atoms with Crippen LogP contribution in [-0.2, 0) is 23.3 Å². The van der Waals surface area contributed by atoms with E-state index in [1.807, 2.05) is 6.92 Å². The predicted octanol–water partition coefficient (Wildman–Crippen LogP) is 4.72. The number of aromatic amines is 1. The zero-order valence-electron chi connectivity index (χ0n) is 16.3. The summed E-state index contributed by atoms with van der Waals surface area (Å²) in [5.41, 5.74) is 3.45. The van der Waals surface area contributed by atoms with Gasteiger partial charge in [0.2, 0.25) is 0 Å². The molecule has 0 bridgehead atoms. The first-order chi connectivity index (χ1) is 13.6. The molecule has 1 fully saturated rings. The van der Waals surface area contributed by atoms with Gasteiger partial charge in [-0.05, 0) is 49.9 Å². The molecule has 156 valence electrons. The minimum absolute atomic E-state index is 0. The molecule has 0 spiro atoms. The van der Waals surface area contributed by atoms with Crippen molar-refractivity contribution in [2.75, 3.05) is 19.6 Å². The van der Waals surface area contributed by atoms with E-state index >= 15 is 0 Å². The molecule has 1 aliphatic rings. The quantitative estimate of drug-likeness (QED) is 0.586. The van der Waals surface area contributed by atoms with Crippen molar-refractivity contribution in [2.45, 2.75) is 38.5 Å². The van der Waals surface area contributed by atoms with Gasteiger partial charge in [0.25, 0.3) is 0 Å². The molecule has 3 heterocycles. The second kappa shape index (κ2) is 9.84. The fourth-order valence-electron chi connectivity index (χ4n) is 4.01. The van der Waals surface area contributed by atoms with E-state index in [4.69, 9.17) is 0 Å². The van der Waals surface area contributed by atoms with Gasteiger partial charge in [-0.15, -0.1) is 16.8 Å². The molecule has 29 heavy (non-hydrogen) atoms. The summed E-state index contributed by atoms with van der Waals surface area (Å²) in [7, 11) is -2.43. The number of hydrogen-bond acceptors (Lipinski definition) is 6. The molecule has 2 aromatic heterocycles. The normalized spacial score (nSPS) is 15.3. The Morgan fingerprint density at radius 1 is 1.28 bits per heavy atom. The second-order valence-corrected chi connectivity index (χ2v) is 8.86. The lowest BCUT2D eigenvalue weighted by Crippen LogP contribution is -2.34. The Balaban J connectivity index is 0.00000240. The van der Waals surface area contributed by atoms with Gasteiger partial charge in [0.15, 0.2) is 5.00 Å². The molecule has 3 aromatic rings. The summed E-state index contributed by atoms with van der Waals surface area (Å²) in [6.07, 6.45) is 5.99. The Labute approximate surface area is 182 Å². The number of nitrogens with one attached hydrogen (secondary N) is 1. The number of nitrogens with zero attached hydrogens (tertiary/aromatic N) is 3. The summed E-state index contributed by atoms with van der Waals surface area (Å²) in [5.74, 6) is 0.590. The average Bonchev–Trinajstić information content (AvgIpc) is 3.30. The maximum atomic E-state index is 11.0. The molecule has 1 aromatic carbocycles. The number of fused-ring (bicyclic) bond motifs is 1. The topological polar surface area (TPSA) is 78.4 Å². The Morgan fingerprint density at radius 2 is 2.03 bits per heavy atom. The lowest BCUT2D eigenvalue weighted by atomic mass is 9.89. The molecule has 0 atom stereocenters. The van der Waals surface area contributed by atoms with Crippen molar-refractivity contribution in [1.29, 1.82) is 0 Å². The van der Waals surface area contributed by atoms with Gasteiger partial charge >= 0.3 is 10.5 Å². The van der Waals surface area contributed by atoms with E-state index in [9.17, 15) is 8.42 Å². The van der Waals surface area contributed by atoms with Crippen molar-refractivity contribution in [3.05, 3.63) is 46.7 Å². The van der Waals surface area contributed by atoms with E-state index in [0.717, 1.165) is 56.0 Å². The zero-order chi connectivity index (χ0) is 19.5. The number of rotatable bonds is 6. The fourth-order valence-corrected chi connectivity index (χ4v) is 5.37. The van der Waals surface area contributed by atoms with E-state index in [1.165, 1.54) is 27.8 Å². The number of halogens is 1.